The Bertz CT molecular complexity index is 1300. The van der Waals surface area contributed by atoms with Crippen molar-refractivity contribution in [3.05, 3.63) is 50.9 Å². The van der Waals surface area contributed by atoms with Crippen LogP contribution in [0.3, 0.4) is 0 Å². The molecule has 1 fully saturated rings. The molecular weight excluding hydrogens is 442 g/mol. The SMILES string of the molecule is C[C@H]1CCCC[C@H]1n1c(SCC(=O)c2c(N)n(C)c(=O)n(C)c2=O)nnc1-c1cccnc1. The Kier molecular flexibility index (Phi) is 6.50. The molecule has 10 nitrogen and oxygen atoms in total. The maximum Gasteiger partial charge on any atom is 0.332 e. The summed E-state index contributed by atoms with van der Waals surface area (Å²) in [6.07, 6.45) is 7.89. The zero-order valence-corrected chi connectivity index (χ0v) is 19.7. The quantitative estimate of drug-likeness (QED) is 0.429. The second-order valence-corrected chi connectivity index (χ2v) is 9.37. The molecule has 0 bridgehead atoms. The fourth-order valence-electron chi connectivity index (χ4n) is 4.37. The van der Waals surface area contributed by atoms with Crippen LogP contribution in [0.2, 0.25) is 0 Å². The molecular formula is C22H27N7O3S. The lowest BCUT2D eigenvalue weighted by Crippen LogP contribution is -2.41. The number of nitrogens with two attached hydrogens (primary N) is 1. The maximum absolute atomic E-state index is 13.0. The number of carbonyl (C=O) groups is 1. The molecule has 1 aliphatic carbocycles. The number of nitrogen functional groups attached to an aromatic ring is 1. The van der Waals surface area contributed by atoms with Crippen molar-refractivity contribution in [2.45, 2.75) is 43.8 Å². The van der Waals surface area contributed by atoms with Crippen molar-refractivity contribution in [2.75, 3.05) is 11.5 Å². The monoisotopic (exact) mass is 469 g/mol. The van der Waals surface area contributed by atoms with E-state index in [2.05, 4.69) is 26.7 Å². The lowest BCUT2D eigenvalue weighted by atomic mass is 9.85. The zero-order valence-electron chi connectivity index (χ0n) is 18.9. The van der Waals surface area contributed by atoms with Gasteiger partial charge in [0.1, 0.15) is 11.4 Å². The minimum absolute atomic E-state index is 0.0517. The van der Waals surface area contributed by atoms with E-state index in [-0.39, 0.29) is 23.2 Å². The molecule has 3 aromatic rings. The van der Waals surface area contributed by atoms with Gasteiger partial charge in [0.05, 0.1) is 5.75 Å². The fourth-order valence-corrected chi connectivity index (χ4v) is 5.23. The first-order chi connectivity index (χ1) is 15.8. The van der Waals surface area contributed by atoms with E-state index in [4.69, 9.17) is 5.73 Å². The van der Waals surface area contributed by atoms with Crippen LogP contribution in [0.4, 0.5) is 5.82 Å². The average Bonchev–Trinajstić information content (AvgIpc) is 3.25. The lowest BCUT2D eigenvalue weighted by molar-refractivity contribution is 0.102. The van der Waals surface area contributed by atoms with Crippen molar-refractivity contribution in [1.82, 2.24) is 28.9 Å². The highest BCUT2D eigenvalue weighted by molar-refractivity contribution is 7.99. The molecule has 1 aliphatic rings. The van der Waals surface area contributed by atoms with Crippen molar-refractivity contribution in [1.29, 1.82) is 0 Å². The molecule has 174 valence electrons. The molecule has 33 heavy (non-hydrogen) atoms. The molecule has 0 saturated heterocycles. The molecule has 4 rings (SSSR count). The summed E-state index contributed by atoms with van der Waals surface area (Å²) in [6, 6.07) is 4.00. The second kappa shape index (κ2) is 9.34. The molecule has 3 aromatic heterocycles. The summed E-state index contributed by atoms with van der Waals surface area (Å²) in [6.45, 7) is 2.23. The first-order valence-corrected chi connectivity index (χ1v) is 11.9. The van der Waals surface area contributed by atoms with Crippen LogP contribution in [-0.2, 0) is 14.1 Å². The molecule has 3 heterocycles. The number of carbonyl (C=O) groups excluding carboxylic acids is 1. The van der Waals surface area contributed by atoms with Gasteiger partial charge in [-0.3, -0.25) is 28.3 Å². The van der Waals surface area contributed by atoms with Gasteiger partial charge in [0.15, 0.2) is 16.8 Å². The van der Waals surface area contributed by atoms with Crippen molar-refractivity contribution >= 4 is 23.4 Å². The third-order valence-corrected chi connectivity index (χ3v) is 7.25. The second-order valence-electron chi connectivity index (χ2n) is 8.42. The Morgan fingerprint density at radius 3 is 2.64 bits per heavy atom. The van der Waals surface area contributed by atoms with Crippen molar-refractivity contribution < 1.29 is 4.79 Å². The Morgan fingerprint density at radius 1 is 1.18 bits per heavy atom. The number of thioether (sulfide) groups is 1. The first kappa shape index (κ1) is 23.0. The highest BCUT2D eigenvalue weighted by atomic mass is 32.2. The topological polar surface area (TPSA) is 131 Å². The summed E-state index contributed by atoms with van der Waals surface area (Å²) in [5.41, 5.74) is 5.35. The van der Waals surface area contributed by atoms with Crippen molar-refractivity contribution in [2.24, 2.45) is 20.0 Å². The van der Waals surface area contributed by atoms with Gasteiger partial charge < -0.3 is 5.73 Å². The van der Waals surface area contributed by atoms with Crippen LogP contribution in [-0.4, -0.2) is 40.4 Å². The molecule has 0 aromatic carbocycles. The predicted octanol–water partition coefficient (Wildman–Crippen LogP) is 2.05. The van der Waals surface area contributed by atoms with Gasteiger partial charge in [-0.1, -0.05) is 31.5 Å². The van der Waals surface area contributed by atoms with Gasteiger partial charge in [-0.15, -0.1) is 10.2 Å². The van der Waals surface area contributed by atoms with Crippen LogP contribution in [0.25, 0.3) is 11.4 Å². The highest BCUT2D eigenvalue weighted by Crippen LogP contribution is 2.38. The number of hydrogen-bond acceptors (Lipinski definition) is 8. The average molecular weight is 470 g/mol. The van der Waals surface area contributed by atoms with Gasteiger partial charge in [-0.2, -0.15) is 0 Å². The van der Waals surface area contributed by atoms with Gasteiger partial charge in [0, 0.05) is 38.1 Å². The van der Waals surface area contributed by atoms with Crippen LogP contribution in [0.15, 0.2) is 39.3 Å². The molecule has 0 spiro atoms. The molecule has 2 N–H and O–H groups in total. The maximum atomic E-state index is 13.0. The molecule has 0 unspecified atom stereocenters. The number of Topliss-reactive ketones (excluding diaryl/α,β-unsaturated/α-hetero) is 1. The predicted molar refractivity (Wildman–Crippen MR) is 126 cm³/mol. The van der Waals surface area contributed by atoms with Crippen LogP contribution >= 0.6 is 11.8 Å². The summed E-state index contributed by atoms with van der Waals surface area (Å²) in [4.78, 5) is 41.8. The standard InChI is InChI=1S/C22H27N7O3S/c1-13-7-4-5-9-15(13)29-19(14-8-6-10-24-11-14)25-26-21(29)33-12-16(30)17-18(23)27(2)22(32)28(3)20(17)31/h6,8,10-11,13,15H,4-5,7,9,12,23H2,1-3H3/t13-,15+/m0/s1. The van der Waals surface area contributed by atoms with Gasteiger partial charge in [0.25, 0.3) is 5.56 Å². The lowest BCUT2D eigenvalue weighted by Gasteiger charge is -2.31. The van der Waals surface area contributed by atoms with Crippen molar-refractivity contribution in [3.63, 3.8) is 0 Å². The highest BCUT2D eigenvalue weighted by Gasteiger charge is 2.29. The Morgan fingerprint density at radius 2 is 1.94 bits per heavy atom. The minimum atomic E-state index is -0.695. The van der Waals surface area contributed by atoms with Gasteiger partial charge in [-0.25, -0.2) is 4.79 Å². The normalized spacial score (nSPS) is 18.4. The zero-order chi connectivity index (χ0) is 23.7. The summed E-state index contributed by atoms with van der Waals surface area (Å²) in [5.74, 6) is 0.514. The van der Waals surface area contributed by atoms with E-state index in [0.717, 1.165) is 34.0 Å². The van der Waals surface area contributed by atoms with E-state index < -0.39 is 17.0 Å². The summed E-state index contributed by atoms with van der Waals surface area (Å²) in [7, 11) is 2.76. The van der Waals surface area contributed by atoms with Crippen LogP contribution in [0.5, 0.6) is 0 Å². The van der Waals surface area contributed by atoms with E-state index in [0.29, 0.717) is 16.9 Å². The van der Waals surface area contributed by atoms with Gasteiger partial charge >= 0.3 is 5.69 Å². The Balaban J connectivity index is 1.68. The number of hydrogen-bond donors (Lipinski definition) is 1. The number of nitrogens with zero attached hydrogens (tertiary/aromatic N) is 6. The largest absolute Gasteiger partial charge is 0.384 e. The van der Waals surface area contributed by atoms with Crippen LogP contribution in [0, 0.1) is 5.92 Å². The minimum Gasteiger partial charge on any atom is -0.384 e. The van der Waals surface area contributed by atoms with Crippen molar-refractivity contribution in [3.8, 4) is 11.4 Å². The fraction of sp³-hybridized carbons (Fsp3) is 0.455. The van der Waals surface area contributed by atoms with E-state index in [1.807, 2.05) is 12.1 Å². The van der Waals surface area contributed by atoms with E-state index >= 15 is 0 Å². The number of pyridine rings is 1. The van der Waals surface area contributed by atoms with E-state index in [9.17, 15) is 14.4 Å². The molecule has 1 saturated carbocycles. The van der Waals surface area contributed by atoms with Crippen LogP contribution in [0.1, 0.15) is 49.0 Å². The Hall–Kier alpha value is -3.21. The first-order valence-electron chi connectivity index (χ1n) is 10.9. The third kappa shape index (κ3) is 4.24. The Labute approximate surface area is 194 Å². The van der Waals surface area contributed by atoms with Gasteiger partial charge in [-0.05, 0) is 30.9 Å². The third-order valence-electron chi connectivity index (χ3n) is 6.30. The molecule has 0 radical (unpaired) electrons. The van der Waals surface area contributed by atoms with E-state index in [1.165, 1.54) is 32.3 Å². The number of aromatic nitrogens is 6. The van der Waals surface area contributed by atoms with E-state index in [1.54, 1.807) is 12.4 Å². The number of anilines is 1. The molecule has 0 amide bonds. The summed E-state index contributed by atoms with van der Waals surface area (Å²) in [5, 5.41) is 9.43. The number of rotatable bonds is 6. The van der Waals surface area contributed by atoms with Gasteiger partial charge in [0.2, 0.25) is 0 Å². The smallest absolute Gasteiger partial charge is 0.332 e. The number of ketones is 1. The summed E-state index contributed by atoms with van der Waals surface area (Å²) >= 11 is 1.22. The molecule has 11 heteroatoms. The molecule has 2 atom stereocenters. The molecule has 0 aliphatic heterocycles. The summed E-state index contributed by atoms with van der Waals surface area (Å²) < 4.78 is 4.11. The van der Waals surface area contributed by atoms with Crippen LogP contribution < -0.4 is 17.0 Å².